The van der Waals surface area contributed by atoms with Gasteiger partial charge in [-0.3, -0.25) is 9.59 Å². The molecule has 26 heavy (non-hydrogen) atoms. The average molecular weight is 355 g/mol. The van der Waals surface area contributed by atoms with Crippen molar-refractivity contribution in [3.05, 3.63) is 64.1 Å². The van der Waals surface area contributed by atoms with Gasteiger partial charge in [-0.15, -0.1) is 0 Å². The second-order valence-electron chi connectivity index (χ2n) is 6.20. The van der Waals surface area contributed by atoms with Crippen LogP contribution in [0.4, 0.5) is 0 Å². The Kier molecular flexibility index (Phi) is 7.14. The first kappa shape index (κ1) is 19.4. The minimum absolute atomic E-state index is 0.0193. The highest BCUT2D eigenvalue weighted by Crippen LogP contribution is 2.12. The molecule has 1 aromatic carbocycles. The third-order valence-corrected chi connectivity index (χ3v) is 3.78. The molecular weight excluding hydrogens is 330 g/mol. The number of hydrogen-bond donors (Lipinski definition) is 1. The first-order valence-electron chi connectivity index (χ1n) is 8.80. The van der Waals surface area contributed by atoms with E-state index in [-0.39, 0.29) is 17.2 Å². The number of nitrogens with one attached hydrogen (secondary N) is 1. The van der Waals surface area contributed by atoms with Crippen molar-refractivity contribution in [2.45, 2.75) is 39.7 Å². The maximum Gasteiger partial charge on any atom is 0.276 e. The molecule has 0 bridgehead atoms. The Labute approximate surface area is 153 Å². The second kappa shape index (κ2) is 9.56. The SMILES string of the molecule is CCCCOc1cccc(/C=N\NC(=O)c2cccn(C(C)C)c2=O)c1. The number of hydrazone groups is 1. The molecule has 0 unspecified atom stereocenters. The third-order valence-electron chi connectivity index (χ3n) is 3.78. The highest BCUT2D eigenvalue weighted by molar-refractivity contribution is 5.94. The maximum atomic E-state index is 12.3. The van der Waals surface area contributed by atoms with Crippen molar-refractivity contribution >= 4 is 12.1 Å². The fraction of sp³-hybridized carbons (Fsp3) is 0.350. The van der Waals surface area contributed by atoms with Crippen molar-refractivity contribution in [2.24, 2.45) is 5.10 Å². The largest absolute Gasteiger partial charge is 0.494 e. The first-order valence-corrected chi connectivity index (χ1v) is 8.80. The third kappa shape index (κ3) is 5.31. The Morgan fingerprint density at radius 3 is 2.85 bits per heavy atom. The number of amides is 1. The topological polar surface area (TPSA) is 72.7 Å². The van der Waals surface area contributed by atoms with Crippen LogP contribution in [0.5, 0.6) is 5.75 Å². The molecule has 0 atom stereocenters. The normalized spacial score (nSPS) is 11.1. The highest BCUT2D eigenvalue weighted by atomic mass is 16.5. The standard InChI is InChI=1S/C20H25N3O3/c1-4-5-12-26-17-9-6-8-16(13-17)14-21-22-19(24)18-10-7-11-23(15(2)3)20(18)25/h6-11,13-15H,4-5,12H2,1-3H3,(H,22,24)/b21-14-. The van der Waals surface area contributed by atoms with Gasteiger partial charge in [0.05, 0.1) is 12.8 Å². The fourth-order valence-corrected chi connectivity index (χ4v) is 2.33. The molecule has 0 spiro atoms. The van der Waals surface area contributed by atoms with Crippen molar-refractivity contribution in [1.29, 1.82) is 0 Å². The van der Waals surface area contributed by atoms with Gasteiger partial charge in [0.2, 0.25) is 0 Å². The van der Waals surface area contributed by atoms with Gasteiger partial charge < -0.3 is 9.30 Å². The lowest BCUT2D eigenvalue weighted by molar-refractivity contribution is 0.0953. The Bertz CT molecular complexity index is 825. The van der Waals surface area contributed by atoms with E-state index in [1.165, 1.54) is 16.8 Å². The molecule has 0 saturated heterocycles. The van der Waals surface area contributed by atoms with Crippen LogP contribution in [0, 0.1) is 0 Å². The van der Waals surface area contributed by atoms with Crippen LogP contribution in [0.25, 0.3) is 0 Å². The predicted octanol–water partition coefficient (Wildman–Crippen LogP) is 3.37. The number of nitrogens with zero attached hydrogens (tertiary/aromatic N) is 2. The van der Waals surface area contributed by atoms with Gasteiger partial charge in [-0.25, -0.2) is 5.43 Å². The van der Waals surface area contributed by atoms with Gasteiger partial charge in [-0.1, -0.05) is 25.5 Å². The molecular formula is C20H25N3O3. The lowest BCUT2D eigenvalue weighted by Crippen LogP contribution is -2.31. The van der Waals surface area contributed by atoms with E-state index in [1.807, 2.05) is 38.1 Å². The van der Waals surface area contributed by atoms with Crippen LogP contribution < -0.4 is 15.7 Å². The zero-order valence-electron chi connectivity index (χ0n) is 15.4. The zero-order valence-corrected chi connectivity index (χ0v) is 15.4. The van der Waals surface area contributed by atoms with Crippen LogP contribution in [-0.2, 0) is 0 Å². The molecule has 0 radical (unpaired) electrons. The molecule has 6 nitrogen and oxygen atoms in total. The minimum Gasteiger partial charge on any atom is -0.494 e. The van der Waals surface area contributed by atoms with E-state index in [1.54, 1.807) is 12.3 Å². The number of carbonyl (C=O) groups excluding carboxylic acids is 1. The van der Waals surface area contributed by atoms with E-state index in [0.29, 0.717) is 6.61 Å². The van der Waals surface area contributed by atoms with Gasteiger partial charge in [-0.05, 0) is 50.1 Å². The quantitative estimate of drug-likeness (QED) is 0.448. The molecule has 0 saturated carbocycles. The van der Waals surface area contributed by atoms with E-state index in [0.717, 1.165) is 24.2 Å². The molecule has 1 N–H and O–H groups in total. The average Bonchev–Trinajstić information content (AvgIpc) is 2.62. The van der Waals surface area contributed by atoms with Gasteiger partial charge in [0.15, 0.2) is 0 Å². The molecule has 2 aromatic rings. The van der Waals surface area contributed by atoms with E-state index in [4.69, 9.17) is 4.74 Å². The second-order valence-corrected chi connectivity index (χ2v) is 6.20. The van der Waals surface area contributed by atoms with Crippen LogP contribution in [0.2, 0.25) is 0 Å². The van der Waals surface area contributed by atoms with Crippen LogP contribution in [-0.4, -0.2) is 23.3 Å². The minimum atomic E-state index is -0.531. The maximum absolute atomic E-state index is 12.3. The van der Waals surface area contributed by atoms with E-state index in [2.05, 4.69) is 17.5 Å². The molecule has 0 aliphatic heterocycles. The van der Waals surface area contributed by atoms with Crippen molar-refractivity contribution < 1.29 is 9.53 Å². The summed E-state index contributed by atoms with van der Waals surface area (Å²) >= 11 is 0. The monoisotopic (exact) mass is 355 g/mol. The van der Waals surface area contributed by atoms with Gasteiger partial charge in [-0.2, -0.15) is 5.10 Å². The molecule has 2 rings (SSSR count). The summed E-state index contributed by atoms with van der Waals surface area (Å²) in [6, 6.07) is 10.6. The predicted molar refractivity (Wildman–Crippen MR) is 103 cm³/mol. The molecule has 1 aromatic heterocycles. The molecule has 0 aliphatic rings. The molecule has 1 heterocycles. The number of ether oxygens (including phenoxy) is 1. The van der Waals surface area contributed by atoms with E-state index in [9.17, 15) is 9.59 Å². The van der Waals surface area contributed by atoms with Gasteiger partial charge in [0.25, 0.3) is 11.5 Å². The Balaban J connectivity index is 2.02. The van der Waals surface area contributed by atoms with Crippen molar-refractivity contribution in [2.75, 3.05) is 6.61 Å². The Morgan fingerprint density at radius 2 is 2.12 bits per heavy atom. The summed E-state index contributed by atoms with van der Waals surface area (Å²) in [5.41, 5.74) is 2.93. The van der Waals surface area contributed by atoms with Crippen molar-refractivity contribution in [1.82, 2.24) is 9.99 Å². The summed E-state index contributed by atoms with van der Waals surface area (Å²) in [5, 5.41) is 3.94. The summed E-state index contributed by atoms with van der Waals surface area (Å²) < 4.78 is 7.15. The van der Waals surface area contributed by atoms with E-state index < -0.39 is 5.91 Å². The zero-order chi connectivity index (χ0) is 18.9. The van der Waals surface area contributed by atoms with Crippen LogP contribution in [0.3, 0.4) is 0 Å². The molecule has 138 valence electrons. The molecule has 6 heteroatoms. The van der Waals surface area contributed by atoms with Crippen molar-refractivity contribution in [3.63, 3.8) is 0 Å². The van der Waals surface area contributed by atoms with Gasteiger partial charge >= 0.3 is 0 Å². The first-order chi connectivity index (χ1) is 12.5. The number of unbranched alkanes of at least 4 members (excludes halogenated alkanes) is 1. The summed E-state index contributed by atoms with van der Waals surface area (Å²) in [4.78, 5) is 24.5. The highest BCUT2D eigenvalue weighted by Gasteiger charge is 2.12. The van der Waals surface area contributed by atoms with Gasteiger partial charge in [0.1, 0.15) is 11.3 Å². The van der Waals surface area contributed by atoms with Crippen molar-refractivity contribution in [3.8, 4) is 5.75 Å². The summed E-state index contributed by atoms with van der Waals surface area (Å²) in [6.45, 7) is 6.55. The Hall–Kier alpha value is -2.89. The summed E-state index contributed by atoms with van der Waals surface area (Å²) in [7, 11) is 0. The lowest BCUT2D eigenvalue weighted by Gasteiger charge is -2.10. The molecule has 1 amide bonds. The van der Waals surface area contributed by atoms with Crippen LogP contribution in [0.1, 0.15) is 55.6 Å². The van der Waals surface area contributed by atoms with Crippen LogP contribution in [0.15, 0.2) is 52.5 Å². The van der Waals surface area contributed by atoms with Crippen LogP contribution >= 0.6 is 0 Å². The molecule has 0 fully saturated rings. The van der Waals surface area contributed by atoms with E-state index >= 15 is 0 Å². The lowest BCUT2D eigenvalue weighted by atomic mass is 10.2. The summed E-state index contributed by atoms with van der Waals surface area (Å²) in [6.07, 6.45) is 5.26. The number of aromatic nitrogens is 1. The number of pyridine rings is 1. The smallest absolute Gasteiger partial charge is 0.276 e. The number of rotatable bonds is 8. The number of carbonyl (C=O) groups is 1. The Morgan fingerprint density at radius 1 is 1.31 bits per heavy atom. The molecule has 0 aliphatic carbocycles. The summed E-state index contributed by atoms with van der Waals surface area (Å²) in [5.74, 6) is 0.230. The fourth-order valence-electron chi connectivity index (χ4n) is 2.33. The number of benzene rings is 1. The van der Waals surface area contributed by atoms with Gasteiger partial charge in [0, 0.05) is 12.2 Å². The number of hydrogen-bond acceptors (Lipinski definition) is 4.